The maximum absolute atomic E-state index is 11.9. The highest BCUT2D eigenvalue weighted by atomic mass is 19.4. The molecule has 0 saturated heterocycles. The van der Waals surface area contributed by atoms with Gasteiger partial charge in [-0.15, -0.1) is 5.10 Å². The number of hydrogen-bond acceptors (Lipinski definition) is 2. The Kier molecular flexibility index (Phi) is 1.80. The van der Waals surface area contributed by atoms with Crippen LogP contribution in [-0.2, 0) is 6.18 Å². The molecule has 0 atom stereocenters. The molecule has 5 heteroatoms. The van der Waals surface area contributed by atoms with E-state index in [4.69, 9.17) is 0 Å². The van der Waals surface area contributed by atoms with Gasteiger partial charge in [-0.05, 0) is 18.6 Å². The summed E-state index contributed by atoms with van der Waals surface area (Å²) in [4.78, 5) is 0. The highest BCUT2D eigenvalue weighted by Gasteiger charge is 2.34. The first-order valence-electron chi connectivity index (χ1n) is 2.87. The standard InChI is InChI=1S/C6H5F3N2/c1-4-2-3-10-11-5(4)6(7,8)9/h2-3H,1H3. The maximum atomic E-state index is 11.9. The second kappa shape index (κ2) is 2.48. The van der Waals surface area contributed by atoms with Crippen LogP contribution in [0.15, 0.2) is 12.3 Å². The lowest BCUT2D eigenvalue weighted by molar-refractivity contribution is -0.142. The quantitative estimate of drug-likeness (QED) is 0.581. The van der Waals surface area contributed by atoms with Crippen molar-refractivity contribution in [3.8, 4) is 0 Å². The molecule has 0 radical (unpaired) electrons. The minimum absolute atomic E-state index is 0.0903. The molecule has 0 aromatic carbocycles. The van der Waals surface area contributed by atoms with Gasteiger partial charge in [0, 0.05) is 6.20 Å². The normalized spacial score (nSPS) is 11.6. The van der Waals surface area contributed by atoms with Crippen LogP contribution in [0.2, 0.25) is 0 Å². The SMILES string of the molecule is Cc1ccnnc1C(F)(F)F. The second-order valence-electron chi connectivity index (χ2n) is 2.06. The molecular weight excluding hydrogens is 157 g/mol. The van der Waals surface area contributed by atoms with Crippen LogP contribution in [0.3, 0.4) is 0 Å². The lowest BCUT2D eigenvalue weighted by Gasteiger charge is -2.05. The summed E-state index contributed by atoms with van der Waals surface area (Å²) in [6.45, 7) is 1.34. The van der Waals surface area contributed by atoms with Crippen LogP contribution in [0, 0.1) is 6.92 Å². The van der Waals surface area contributed by atoms with Gasteiger partial charge in [0.1, 0.15) is 0 Å². The van der Waals surface area contributed by atoms with E-state index in [1.54, 1.807) is 0 Å². The lowest BCUT2D eigenvalue weighted by Crippen LogP contribution is -2.10. The average molecular weight is 162 g/mol. The molecule has 0 unspecified atom stereocenters. The first kappa shape index (κ1) is 7.97. The van der Waals surface area contributed by atoms with Gasteiger partial charge in [0.05, 0.1) is 0 Å². The molecule has 0 aliphatic heterocycles. The molecule has 0 spiro atoms. The van der Waals surface area contributed by atoms with Crippen molar-refractivity contribution in [1.29, 1.82) is 0 Å². The Morgan fingerprint density at radius 3 is 2.36 bits per heavy atom. The van der Waals surface area contributed by atoms with Crippen molar-refractivity contribution in [1.82, 2.24) is 10.2 Å². The molecule has 0 N–H and O–H groups in total. The van der Waals surface area contributed by atoms with Crippen LogP contribution in [0.4, 0.5) is 13.2 Å². The fourth-order valence-electron chi connectivity index (χ4n) is 0.674. The van der Waals surface area contributed by atoms with Crippen LogP contribution in [-0.4, -0.2) is 10.2 Å². The molecular formula is C6H5F3N2. The third-order valence-corrected chi connectivity index (χ3v) is 1.19. The Bertz CT molecular complexity index is 256. The first-order valence-corrected chi connectivity index (χ1v) is 2.87. The highest BCUT2D eigenvalue weighted by Crippen LogP contribution is 2.28. The summed E-state index contributed by atoms with van der Waals surface area (Å²) in [5.74, 6) is 0. The van der Waals surface area contributed by atoms with Gasteiger partial charge in [0.15, 0.2) is 5.69 Å². The van der Waals surface area contributed by atoms with Crippen molar-refractivity contribution in [2.75, 3.05) is 0 Å². The van der Waals surface area contributed by atoms with Crippen LogP contribution in [0.5, 0.6) is 0 Å². The summed E-state index contributed by atoms with van der Waals surface area (Å²) in [5.41, 5.74) is -0.826. The van der Waals surface area contributed by atoms with E-state index in [1.807, 2.05) is 0 Å². The Morgan fingerprint density at radius 1 is 1.36 bits per heavy atom. The molecule has 1 rings (SSSR count). The fourth-order valence-corrected chi connectivity index (χ4v) is 0.674. The summed E-state index contributed by atoms with van der Waals surface area (Å²) in [6.07, 6.45) is -3.16. The zero-order valence-corrected chi connectivity index (χ0v) is 5.68. The summed E-state index contributed by atoms with van der Waals surface area (Å²) in [7, 11) is 0. The molecule has 1 heterocycles. The summed E-state index contributed by atoms with van der Waals surface area (Å²) >= 11 is 0. The molecule has 0 aliphatic carbocycles. The predicted octanol–water partition coefficient (Wildman–Crippen LogP) is 1.80. The summed E-state index contributed by atoms with van der Waals surface area (Å²) in [6, 6.07) is 1.27. The molecule has 0 amide bonds. The third-order valence-electron chi connectivity index (χ3n) is 1.19. The number of halogens is 3. The van der Waals surface area contributed by atoms with Crippen molar-refractivity contribution >= 4 is 0 Å². The summed E-state index contributed by atoms with van der Waals surface area (Å²) < 4.78 is 35.8. The monoisotopic (exact) mass is 162 g/mol. The molecule has 0 aliphatic rings. The van der Waals surface area contributed by atoms with E-state index in [1.165, 1.54) is 19.2 Å². The Balaban J connectivity index is 3.14. The molecule has 1 aromatic rings. The first-order chi connectivity index (χ1) is 5.02. The van der Waals surface area contributed by atoms with Gasteiger partial charge in [-0.1, -0.05) is 0 Å². The predicted molar refractivity (Wildman–Crippen MR) is 31.8 cm³/mol. The van der Waals surface area contributed by atoms with E-state index in [0.29, 0.717) is 0 Å². The zero-order chi connectivity index (χ0) is 8.48. The number of rotatable bonds is 0. The lowest BCUT2D eigenvalue weighted by atomic mass is 10.2. The topological polar surface area (TPSA) is 25.8 Å². The largest absolute Gasteiger partial charge is 0.435 e. The maximum Gasteiger partial charge on any atom is 0.435 e. The van der Waals surface area contributed by atoms with Gasteiger partial charge < -0.3 is 0 Å². The van der Waals surface area contributed by atoms with E-state index >= 15 is 0 Å². The van der Waals surface area contributed by atoms with Crippen molar-refractivity contribution in [2.45, 2.75) is 13.1 Å². The van der Waals surface area contributed by atoms with Crippen LogP contribution < -0.4 is 0 Å². The van der Waals surface area contributed by atoms with Crippen molar-refractivity contribution < 1.29 is 13.2 Å². The molecule has 2 nitrogen and oxygen atoms in total. The van der Waals surface area contributed by atoms with Crippen LogP contribution >= 0.6 is 0 Å². The number of alkyl halides is 3. The number of hydrogen-bond donors (Lipinski definition) is 0. The minimum atomic E-state index is -4.39. The van der Waals surface area contributed by atoms with Gasteiger partial charge in [-0.2, -0.15) is 18.3 Å². The van der Waals surface area contributed by atoms with Gasteiger partial charge in [-0.25, -0.2) is 0 Å². The molecule has 60 valence electrons. The second-order valence-corrected chi connectivity index (χ2v) is 2.06. The molecule has 0 fully saturated rings. The van der Waals surface area contributed by atoms with E-state index in [0.717, 1.165) is 0 Å². The van der Waals surface area contributed by atoms with E-state index in [9.17, 15) is 13.2 Å². The van der Waals surface area contributed by atoms with E-state index < -0.39 is 11.9 Å². The van der Waals surface area contributed by atoms with Crippen molar-refractivity contribution in [3.63, 3.8) is 0 Å². The fraction of sp³-hybridized carbons (Fsp3) is 0.333. The van der Waals surface area contributed by atoms with Gasteiger partial charge in [0.2, 0.25) is 0 Å². The third kappa shape index (κ3) is 1.66. The molecule has 1 aromatic heterocycles. The van der Waals surface area contributed by atoms with E-state index in [-0.39, 0.29) is 5.56 Å². The van der Waals surface area contributed by atoms with Gasteiger partial charge >= 0.3 is 6.18 Å². The number of aromatic nitrogens is 2. The Morgan fingerprint density at radius 2 is 2.00 bits per heavy atom. The van der Waals surface area contributed by atoms with Crippen LogP contribution in [0.25, 0.3) is 0 Å². The highest BCUT2D eigenvalue weighted by molar-refractivity contribution is 5.17. The minimum Gasteiger partial charge on any atom is -0.164 e. The van der Waals surface area contributed by atoms with Crippen molar-refractivity contribution in [2.24, 2.45) is 0 Å². The average Bonchev–Trinajstić information content (AvgIpc) is 1.86. The summed E-state index contributed by atoms with van der Waals surface area (Å²) in [5, 5.41) is 6.12. The Hall–Kier alpha value is -1.13. The number of aryl methyl sites for hydroxylation is 1. The number of nitrogens with zero attached hydrogens (tertiary/aromatic N) is 2. The van der Waals surface area contributed by atoms with Crippen LogP contribution in [0.1, 0.15) is 11.3 Å². The smallest absolute Gasteiger partial charge is 0.164 e. The zero-order valence-electron chi connectivity index (χ0n) is 5.68. The van der Waals surface area contributed by atoms with E-state index in [2.05, 4.69) is 10.2 Å². The molecule has 0 saturated carbocycles. The van der Waals surface area contributed by atoms with Gasteiger partial charge in [-0.3, -0.25) is 0 Å². The molecule has 11 heavy (non-hydrogen) atoms. The molecule has 0 bridgehead atoms. The Labute approximate surface area is 61.1 Å². The van der Waals surface area contributed by atoms with Gasteiger partial charge in [0.25, 0.3) is 0 Å². The van der Waals surface area contributed by atoms with Crippen molar-refractivity contribution in [3.05, 3.63) is 23.5 Å².